The van der Waals surface area contributed by atoms with Crippen molar-refractivity contribution in [2.45, 2.75) is 33.7 Å². The average molecular weight is 291 g/mol. The molecule has 1 N–H and O–H groups in total. The lowest BCUT2D eigenvalue weighted by molar-refractivity contribution is -0.384. The Kier molecular flexibility index (Phi) is 4.04. The Balaban J connectivity index is 2.32. The second-order valence-electron chi connectivity index (χ2n) is 4.82. The molecule has 0 radical (unpaired) electrons. The van der Waals surface area contributed by atoms with E-state index >= 15 is 0 Å². The first kappa shape index (κ1) is 14.5. The van der Waals surface area contributed by atoms with Crippen LogP contribution in [-0.2, 0) is 0 Å². The number of nitro groups is 1. The smallest absolute Gasteiger partial charge is 0.292 e. The van der Waals surface area contributed by atoms with Gasteiger partial charge in [-0.05, 0) is 39.3 Å². The predicted octanol–water partition coefficient (Wildman–Crippen LogP) is 4.15. The summed E-state index contributed by atoms with van der Waals surface area (Å²) >= 11 is 1.64. The monoisotopic (exact) mass is 291 g/mol. The van der Waals surface area contributed by atoms with Crippen LogP contribution in [0.4, 0.5) is 11.4 Å². The van der Waals surface area contributed by atoms with Gasteiger partial charge in [-0.2, -0.15) is 0 Å². The largest absolute Gasteiger partial charge is 0.371 e. The minimum Gasteiger partial charge on any atom is -0.371 e. The van der Waals surface area contributed by atoms with Gasteiger partial charge in [-0.1, -0.05) is 6.07 Å². The van der Waals surface area contributed by atoms with Gasteiger partial charge in [0.05, 0.1) is 21.7 Å². The maximum atomic E-state index is 11.1. The topological polar surface area (TPSA) is 68.1 Å². The van der Waals surface area contributed by atoms with E-state index in [-0.39, 0.29) is 16.7 Å². The Morgan fingerprint density at radius 1 is 1.35 bits per heavy atom. The third-order valence-corrected chi connectivity index (χ3v) is 3.97. The molecule has 0 saturated heterocycles. The van der Waals surface area contributed by atoms with Gasteiger partial charge in [-0.15, -0.1) is 11.3 Å². The zero-order valence-corrected chi connectivity index (χ0v) is 12.7. The fourth-order valence-corrected chi connectivity index (χ4v) is 3.09. The second kappa shape index (κ2) is 5.58. The van der Waals surface area contributed by atoms with E-state index in [1.165, 1.54) is 6.07 Å². The molecule has 0 aliphatic carbocycles. The molecule has 5 nitrogen and oxygen atoms in total. The summed E-state index contributed by atoms with van der Waals surface area (Å²) in [6.45, 7) is 7.86. The molecule has 0 spiro atoms. The fourth-order valence-electron chi connectivity index (χ4n) is 2.17. The quantitative estimate of drug-likeness (QED) is 0.678. The van der Waals surface area contributed by atoms with Crippen LogP contribution in [0.3, 0.4) is 0 Å². The molecule has 0 saturated carbocycles. The second-order valence-corrected chi connectivity index (χ2v) is 6.23. The van der Waals surface area contributed by atoms with Crippen LogP contribution < -0.4 is 5.32 Å². The van der Waals surface area contributed by atoms with E-state index in [0.717, 1.165) is 21.1 Å². The van der Waals surface area contributed by atoms with Crippen molar-refractivity contribution in [1.82, 2.24) is 4.98 Å². The summed E-state index contributed by atoms with van der Waals surface area (Å²) in [7, 11) is 0. The number of aryl methyl sites for hydroxylation is 3. The summed E-state index contributed by atoms with van der Waals surface area (Å²) in [4.78, 5) is 16.3. The van der Waals surface area contributed by atoms with Gasteiger partial charge in [0.25, 0.3) is 5.69 Å². The number of rotatable bonds is 4. The Hall–Kier alpha value is -1.95. The van der Waals surface area contributed by atoms with E-state index in [9.17, 15) is 10.1 Å². The lowest BCUT2D eigenvalue weighted by Gasteiger charge is -2.14. The molecular formula is C14H17N3O2S. The molecule has 0 aliphatic rings. The minimum absolute atomic E-state index is 0.0690. The van der Waals surface area contributed by atoms with Gasteiger partial charge in [0.1, 0.15) is 5.69 Å². The van der Waals surface area contributed by atoms with E-state index in [2.05, 4.69) is 10.3 Å². The first-order valence-corrected chi connectivity index (χ1v) is 7.15. The minimum atomic E-state index is -0.367. The molecule has 1 aromatic carbocycles. The number of nitrogens with one attached hydrogen (secondary N) is 1. The van der Waals surface area contributed by atoms with Crippen LogP contribution in [0.25, 0.3) is 0 Å². The highest BCUT2D eigenvalue weighted by molar-refractivity contribution is 7.11. The molecule has 0 fully saturated rings. The van der Waals surface area contributed by atoms with Crippen LogP contribution in [0.5, 0.6) is 0 Å². The van der Waals surface area contributed by atoms with Crippen molar-refractivity contribution in [3.63, 3.8) is 0 Å². The fraction of sp³-hybridized carbons (Fsp3) is 0.357. The summed E-state index contributed by atoms with van der Waals surface area (Å²) in [6.07, 6.45) is 0. The van der Waals surface area contributed by atoms with Crippen LogP contribution in [0, 0.1) is 30.9 Å². The standard InChI is InChI=1S/C14H17N3O2S/c1-8-5-6-13(17(18)19)12(7-8)15-9(2)14-10(3)20-11(4)16-14/h5-7,9,15H,1-4H3. The Bertz CT molecular complexity index is 652. The number of hydrogen-bond donors (Lipinski definition) is 1. The van der Waals surface area contributed by atoms with Gasteiger partial charge in [0.2, 0.25) is 0 Å². The predicted molar refractivity (Wildman–Crippen MR) is 81.5 cm³/mol. The maximum absolute atomic E-state index is 11.1. The average Bonchev–Trinajstić information content (AvgIpc) is 2.68. The zero-order chi connectivity index (χ0) is 14.9. The summed E-state index contributed by atoms with van der Waals surface area (Å²) in [6, 6.07) is 5.00. The highest BCUT2D eigenvalue weighted by Gasteiger charge is 2.18. The number of benzene rings is 1. The van der Waals surface area contributed by atoms with Crippen LogP contribution in [-0.4, -0.2) is 9.91 Å². The maximum Gasteiger partial charge on any atom is 0.292 e. The van der Waals surface area contributed by atoms with Gasteiger partial charge >= 0.3 is 0 Å². The molecule has 1 aromatic heterocycles. The summed E-state index contributed by atoms with van der Waals surface area (Å²) in [5.41, 5.74) is 2.55. The van der Waals surface area contributed by atoms with Gasteiger partial charge in [-0.3, -0.25) is 10.1 Å². The van der Waals surface area contributed by atoms with E-state index in [4.69, 9.17) is 0 Å². The van der Waals surface area contributed by atoms with Crippen LogP contribution in [0.1, 0.15) is 34.1 Å². The molecule has 1 heterocycles. The Labute approximate surface area is 121 Å². The van der Waals surface area contributed by atoms with Gasteiger partial charge < -0.3 is 5.32 Å². The molecule has 0 bridgehead atoms. The lowest BCUT2D eigenvalue weighted by atomic mass is 10.1. The van der Waals surface area contributed by atoms with Gasteiger partial charge in [0, 0.05) is 10.9 Å². The SMILES string of the molecule is Cc1ccc([N+](=O)[O-])c(NC(C)c2nc(C)sc2C)c1. The molecule has 0 aliphatic heterocycles. The molecule has 2 rings (SSSR count). The number of anilines is 1. The number of aromatic nitrogens is 1. The molecule has 6 heteroatoms. The third kappa shape index (κ3) is 2.96. The van der Waals surface area contributed by atoms with E-state index in [0.29, 0.717) is 5.69 Å². The van der Waals surface area contributed by atoms with E-state index in [1.807, 2.05) is 27.7 Å². The van der Waals surface area contributed by atoms with E-state index in [1.54, 1.807) is 23.5 Å². The molecule has 20 heavy (non-hydrogen) atoms. The number of thiazole rings is 1. The van der Waals surface area contributed by atoms with Crippen molar-refractivity contribution in [3.05, 3.63) is 49.5 Å². The molecule has 2 aromatic rings. The van der Waals surface area contributed by atoms with Crippen molar-refractivity contribution in [2.24, 2.45) is 0 Å². The highest BCUT2D eigenvalue weighted by atomic mass is 32.1. The normalized spacial score (nSPS) is 12.2. The zero-order valence-electron chi connectivity index (χ0n) is 11.9. The van der Waals surface area contributed by atoms with Crippen LogP contribution >= 0.6 is 11.3 Å². The number of nitro benzene ring substituents is 1. The molecule has 1 atom stereocenters. The van der Waals surface area contributed by atoms with Crippen molar-refractivity contribution >= 4 is 22.7 Å². The molecule has 1 unspecified atom stereocenters. The van der Waals surface area contributed by atoms with Crippen molar-refractivity contribution < 1.29 is 4.92 Å². The van der Waals surface area contributed by atoms with Crippen LogP contribution in [0.15, 0.2) is 18.2 Å². The Morgan fingerprint density at radius 3 is 2.60 bits per heavy atom. The van der Waals surface area contributed by atoms with E-state index < -0.39 is 0 Å². The summed E-state index contributed by atoms with van der Waals surface area (Å²) in [5, 5.41) is 15.3. The molecule has 0 amide bonds. The highest BCUT2D eigenvalue weighted by Crippen LogP contribution is 2.30. The first-order chi connectivity index (χ1) is 9.38. The van der Waals surface area contributed by atoms with Crippen molar-refractivity contribution in [3.8, 4) is 0 Å². The Morgan fingerprint density at radius 2 is 2.05 bits per heavy atom. The first-order valence-electron chi connectivity index (χ1n) is 6.34. The molecular weight excluding hydrogens is 274 g/mol. The third-order valence-electron chi connectivity index (χ3n) is 3.07. The van der Waals surface area contributed by atoms with Gasteiger partial charge in [-0.25, -0.2) is 4.98 Å². The lowest BCUT2D eigenvalue weighted by Crippen LogP contribution is -2.10. The summed E-state index contributed by atoms with van der Waals surface area (Å²) < 4.78 is 0. The summed E-state index contributed by atoms with van der Waals surface area (Å²) in [5.74, 6) is 0. The number of nitrogens with zero attached hydrogens (tertiary/aromatic N) is 2. The van der Waals surface area contributed by atoms with Crippen molar-refractivity contribution in [2.75, 3.05) is 5.32 Å². The van der Waals surface area contributed by atoms with Crippen molar-refractivity contribution in [1.29, 1.82) is 0 Å². The van der Waals surface area contributed by atoms with Gasteiger partial charge in [0.15, 0.2) is 0 Å². The van der Waals surface area contributed by atoms with Crippen LogP contribution in [0.2, 0.25) is 0 Å². The molecule has 106 valence electrons. The number of hydrogen-bond acceptors (Lipinski definition) is 5.